The van der Waals surface area contributed by atoms with E-state index < -0.39 is 0 Å². The smallest absolute Gasteiger partial charge is 0.274 e. The van der Waals surface area contributed by atoms with Crippen molar-refractivity contribution in [2.75, 3.05) is 16.0 Å². The number of aromatic nitrogens is 1. The molecule has 2 aromatic carbocycles. The lowest BCUT2D eigenvalue weighted by molar-refractivity contribution is -0.114. The van der Waals surface area contributed by atoms with Crippen LogP contribution in [0.2, 0.25) is 0 Å². The number of anilines is 4. The standard InChI is InChI=1S/C21H17N5O2/c1-14(27)24-16-6-8-18(9-7-16)26-21(28)20-12-19(10-11-23-20)25-17-4-2-15(13-22)3-5-17/h2-12H,1H3,(H,23,25)(H,24,27)(H,26,28). The summed E-state index contributed by atoms with van der Waals surface area (Å²) < 4.78 is 0. The number of hydrogen-bond acceptors (Lipinski definition) is 5. The van der Waals surface area contributed by atoms with Gasteiger partial charge in [0.25, 0.3) is 5.91 Å². The average Bonchev–Trinajstić information content (AvgIpc) is 2.70. The summed E-state index contributed by atoms with van der Waals surface area (Å²) in [6, 6.07) is 19.2. The second-order valence-corrected chi connectivity index (χ2v) is 5.96. The maximum atomic E-state index is 12.5. The minimum Gasteiger partial charge on any atom is -0.355 e. The molecule has 2 amide bonds. The number of rotatable bonds is 5. The van der Waals surface area contributed by atoms with Gasteiger partial charge in [-0.2, -0.15) is 5.26 Å². The highest BCUT2D eigenvalue weighted by Crippen LogP contribution is 2.19. The summed E-state index contributed by atoms with van der Waals surface area (Å²) >= 11 is 0. The zero-order chi connectivity index (χ0) is 19.9. The summed E-state index contributed by atoms with van der Waals surface area (Å²) in [5, 5.41) is 17.5. The quantitative estimate of drug-likeness (QED) is 0.630. The topological polar surface area (TPSA) is 107 Å². The Bertz CT molecular complexity index is 1040. The molecule has 0 unspecified atom stereocenters. The molecule has 7 heteroatoms. The van der Waals surface area contributed by atoms with Gasteiger partial charge < -0.3 is 16.0 Å². The van der Waals surface area contributed by atoms with Crippen LogP contribution in [0.25, 0.3) is 0 Å². The molecule has 0 radical (unpaired) electrons. The lowest BCUT2D eigenvalue weighted by atomic mass is 10.2. The molecule has 7 nitrogen and oxygen atoms in total. The highest BCUT2D eigenvalue weighted by molar-refractivity contribution is 6.03. The Labute approximate surface area is 162 Å². The summed E-state index contributed by atoms with van der Waals surface area (Å²) in [6.07, 6.45) is 1.54. The lowest BCUT2D eigenvalue weighted by Crippen LogP contribution is -2.14. The molecular weight excluding hydrogens is 354 g/mol. The van der Waals surface area contributed by atoms with E-state index in [9.17, 15) is 9.59 Å². The number of amides is 2. The summed E-state index contributed by atoms with van der Waals surface area (Å²) in [6.45, 7) is 1.43. The van der Waals surface area contributed by atoms with Crippen molar-refractivity contribution in [3.05, 3.63) is 78.1 Å². The van der Waals surface area contributed by atoms with E-state index in [1.54, 1.807) is 66.9 Å². The third kappa shape index (κ3) is 4.93. The van der Waals surface area contributed by atoms with Crippen LogP contribution >= 0.6 is 0 Å². The number of carbonyl (C=O) groups is 2. The minimum atomic E-state index is -0.351. The number of nitriles is 1. The second-order valence-electron chi connectivity index (χ2n) is 5.96. The number of carbonyl (C=O) groups excluding carboxylic acids is 2. The van der Waals surface area contributed by atoms with E-state index in [2.05, 4.69) is 27.0 Å². The predicted octanol–water partition coefficient (Wildman–Crippen LogP) is 3.91. The van der Waals surface area contributed by atoms with E-state index in [0.717, 1.165) is 5.69 Å². The van der Waals surface area contributed by atoms with Gasteiger partial charge in [-0.05, 0) is 60.7 Å². The third-order valence-electron chi connectivity index (χ3n) is 3.76. The summed E-state index contributed by atoms with van der Waals surface area (Å²) in [5.74, 6) is -0.511. The molecule has 1 heterocycles. The van der Waals surface area contributed by atoms with Gasteiger partial charge in [-0.25, -0.2) is 0 Å². The summed E-state index contributed by atoms with van der Waals surface area (Å²) in [7, 11) is 0. The van der Waals surface area contributed by atoms with E-state index in [1.165, 1.54) is 6.92 Å². The van der Waals surface area contributed by atoms with Crippen molar-refractivity contribution in [1.82, 2.24) is 4.98 Å². The normalized spacial score (nSPS) is 9.86. The molecular formula is C21H17N5O2. The molecule has 3 N–H and O–H groups in total. The second kappa shape index (κ2) is 8.47. The van der Waals surface area contributed by atoms with Gasteiger partial charge in [0.15, 0.2) is 0 Å². The van der Waals surface area contributed by atoms with E-state index in [1.807, 2.05) is 0 Å². The number of pyridine rings is 1. The van der Waals surface area contributed by atoms with Crippen LogP contribution in [0.5, 0.6) is 0 Å². The molecule has 0 aliphatic rings. The van der Waals surface area contributed by atoms with Crippen LogP contribution in [-0.4, -0.2) is 16.8 Å². The molecule has 0 fully saturated rings. The zero-order valence-electron chi connectivity index (χ0n) is 15.1. The summed E-state index contributed by atoms with van der Waals surface area (Å²) in [5.41, 5.74) is 3.56. The van der Waals surface area contributed by atoms with Crippen molar-refractivity contribution in [2.24, 2.45) is 0 Å². The fraction of sp³-hybridized carbons (Fsp3) is 0.0476. The average molecular weight is 371 g/mol. The Morgan fingerprint density at radius 3 is 2.07 bits per heavy atom. The largest absolute Gasteiger partial charge is 0.355 e. The van der Waals surface area contributed by atoms with E-state index in [0.29, 0.717) is 22.6 Å². The molecule has 0 saturated carbocycles. The Morgan fingerprint density at radius 1 is 0.857 bits per heavy atom. The molecule has 3 rings (SSSR count). The van der Waals surface area contributed by atoms with Crippen molar-refractivity contribution in [3.8, 4) is 6.07 Å². The van der Waals surface area contributed by atoms with Crippen LogP contribution < -0.4 is 16.0 Å². The SMILES string of the molecule is CC(=O)Nc1ccc(NC(=O)c2cc(Nc3ccc(C#N)cc3)ccn2)cc1. The molecule has 3 aromatic rings. The molecule has 0 atom stereocenters. The number of benzene rings is 2. The first-order valence-electron chi connectivity index (χ1n) is 8.46. The molecule has 0 spiro atoms. The number of nitrogens with zero attached hydrogens (tertiary/aromatic N) is 2. The van der Waals surface area contributed by atoms with Crippen LogP contribution in [-0.2, 0) is 4.79 Å². The van der Waals surface area contributed by atoms with Crippen LogP contribution in [0, 0.1) is 11.3 Å². The van der Waals surface area contributed by atoms with Crippen molar-refractivity contribution in [3.63, 3.8) is 0 Å². The monoisotopic (exact) mass is 371 g/mol. The van der Waals surface area contributed by atoms with Crippen molar-refractivity contribution < 1.29 is 9.59 Å². The molecule has 0 aliphatic carbocycles. The van der Waals surface area contributed by atoms with E-state index in [4.69, 9.17) is 5.26 Å². The molecule has 0 saturated heterocycles. The fourth-order valence-corrected chi connectivity index (χ4v) is 2.46. The first kappa shape index (κ1) is 18.6. The predicted molar refractivity (Wildman–Crippen MR) is 107 cm³/mol. The van der Waals surface area contributed by atoms with Crippen molar-refractivity contribution in [2.45, 2.75) is 6.92 Å². The van der Waals surface area contributed by atoms with E-state index in [-0.39, 0.29) is 17.5 Å². The van der Waals surface area contributed by atoms with Gasteiger partial charge >= 0.3 is 0 Å². The number of hydrogen-bond donors (Lipinski definition) is 3. The Morgan fingerprint density at radius 2 is 1.46 bits per heavy atom. The maximum absolute atomic E-state index is 12.5. The van der Waals surface area contributed by atoms with Crippen LogP contribution in [0.1, 0.15) is 23.0 Å². The van der Waals surface area contributed by atoms with Gasteiger partial charge in [0.05, 0.1) is 11.6 Å². The maximum Gasteiger partial charge on any atom is 0.274 e. The van der Waals surface area contributed by atoms with Crippen LogP contribution in [0.3, 0.4) is 0 Å². The Kier molecular flexibility index (Phi) is 5.63. The fourth-order valence-electron chi connectivity index (χ4n) is 2.46. The van der Waals surface area contributed by atoms with Crippen molar-refractivity contribution >= 4 is 34.6 Å². The van der Waals surface area contributed by atoms with Gasteiger partial charge in [-0.3, -0.25) is 14.6 Å². The van der Waals surface area contributed by atoms with Gasteiger partial charge in [0, 0.05) is 35.9 Å². The third-order valence-corrected chi connectivity index (χ3v) is 3.76. The van der Waals surface area contributed by atoms with Gasteiger partial charge in [-0.15, -0.1) is 0 Å². The molecule has 1 aromatic heterocycles. The zero-order valence-corrected chi connectivity index (χ0v) is 15.1. The number of nitrogens with one attached hydrogen (secondary N) is 3. The molecule has 138 valence electrons. The summed E-state index contributed by atoms with van der Waals surface area (Å²) in [4.78, 5) is 27.6. The lowest BCUT2D eigenvalue weighted by Gasteiger charge is -2.09. The van der Waals surface area contributed by atoms with Gasteiger partial charge in [0.2, 0.25) is 5.91 Å². The minimum absolute atomic E-state index is 0.160. The first-order valence-corrected chi connectivity index (χ1v) is 8.46. The van der Waals surface area contributed by atoms with E-state index >= 15 is 0 Å². The van der Waals surface area contributed by atoms with Gasteiger partial charge in [-0.1, -0.05) is 0 Å². The Balaban J connectivity index is 1.67. The molecule has 0 aliphatic heterocycles. The highest BCUT2D eigenvalue weighted by Gasteiger charge is 2.09. The highest BCUT2D eigenvalue weighted by atomic mass is 16.2. The first-order chi connectivity index (χ1) is 13.5. The van der Waals surface area contributed by atoms with Gasteiger partial charge in [0.1, 0.15) is 5.69 Å². The van der Waals surface area contributed by atoms with Crippen LogP contribution in [0.4, 0.5) is 22.7 Å². The Hall–Kier alpha value is -4.18. The van der Waals surface area contributed by atoms with Crippen molar-refractivity contribution in [1.29, 1.82) is 5.26 Å². The van der Waals surface area contributed by atoms with Crippen LogP contribution in [0.15, 0.2) is 66.9 Å². The molecule has 0 bridgehead atoms. The molecule has 28 heavy (non-hydrogen) atoms.